The van der Waals surface area contributed by atoms with Gasteiger partial charge in [-0.25, -0.2) is 0 Å². The number of ether oxygens (including phenoxy) is 2. The largest absolute Gasteiger partial charge is 0.497 e. The summed E-state index contributed by atoms with van der Waals surface area (Å²) >= 11 is 0.816. The first-order valence-corrected chi connectivity index (χ1v) is 7.46. The third-order valence-electron chi connectivity index (χ3n) is 2.80. The number of amides is 2. The van der Waals surface area contributed by atoms with Gasteiger partial charge in [-0.1, -0.05) is 5.73 Å². The molecule has 0 saturated carbocycles. The molecule has 1 saturated heterocycles. The van der Waals surface area contributed by atoms with Crippen molar-refractivity contribution in [3.8, 4) is 11.5 Å². The Bertz CT molecular complexity index is 651. The lowest BCUT2D eigenvalue weighted by molar-refractivity contribution is -0.115. The molecule has 1 aliphatic heterocycles. The summed E-state index contributed by atoms with van der Waals surface area (Å²) in [6.45, 7) is 1.04. The van der Waals surface area contributed by atoms with Crippen molar-refractivity contribution >= 4 is 29.0 Å². The molecule has 1 aromatic rings. The van der Waals surface area contributed by atoms with Gasteiger partial charge in [0.1, 0.15) is 16.4 Å². The Morgan fingerprint density at radius 3 is 2.86 bits per heavy atom. The lowest BCUT2D eigenvalue weighted by Gasteiger charge is -2.09. The van der Waals surface area contributed by atoms with E-state index >= 15 is 0 Å². The van der Waals surface area contributed by atoms with Gasteiger partial charge in [-0.2, -0.15) is 0 Å². The van der Waals surface area contributed by atoms with Gasteiger partial charge >= 0.3 is 0 Å². The van der Waals surface area contributed by atoms with Gasteiger partial charge in [0, 0.05) is 5.56 Å². The van der Waals surface area contributed by atoms with Crippen molar-refractivity contribution in [2.75, 3.05) is 20.3 Å². The highest BCUT2D eigenvalue weighted by Crippen LogP contribution is 2.27. The van der Waals surface area contributed by atoms with Crippen molar-refractivity contribution < 1.29 is 19.1 Å². The van der Waals surface area contributed by atoms with E-state index in [-0.39, 0.29) is 4.91 Å². The van der Waals surface area contributed by atoms with E-state index in [0.717, 1.165) is 18.2 Å². The van der Waals surface area contributed by atoms with Crippen molar-refractivity contribution in [2.45, 2.75) is 6.42 Å². The molecule has 0 atom stereocenters. The van der Waals surface area contributed by atoms with Crippen LogP contribution in [0.4, 0.5) is 4.79 Å². The van der Waals surface area contributed by atoms with Gasteiger partial charge in [0.2, 0.25) is 0 Å². The Morgan fingerprint density at radius 1 is 1.41 bits per heavy atom. The molecule has 0 radical (unpaired) electrons. The normalized spacial score (nSPS) is 13.6. The van der Waals surface area contributed by atoms with E-state index in [4.69, 9.17) is 15.2 Å². The van der Waals surface area contributed by atoms with Crippen LogP contribution in [-0.2, 0) is 4.79 Å². The van der Waals surface area contributed by atoms with Gasteiger partial charge in [0.25, 0.3) is 11.1 Å². The number of hydrogen-bond acceptors (Lipinski definition) is 6. The van der Waals surface area contributed by atoms with E-state index in [1.165, 1.54) is 0 Å². The minimum atomic E-state index is -0.445. The molecular weight excluding hydrogens is 304 g/mol. The number of nitrogens with one attached hydrogen (secondary N) is 1. The Hall–Kier alpha value is -2.21. The summed E-state index contributed by atoms with van der Waals surface area (Å²) in [4.78, 5) is 22.8. The number of rotatable bonds is 6. The van der Waals surface area contributed by atoms with Crippen molar-refractivity contribution in [1.82, 2.24) is 5.32 Å². The molecular formula is C15H16N2O4S. The molecule has 0 aromatic heterocycles. The summed E-state index contributed by atoms with van der Waals surface area (Å²) in [6, 6.07) is 5.33. The van der Waals surface area contributed by atoms with Crippen LogP contribution in [0.25, 0.3) is 6.08 Å². The molecule has 7 heteroatoms. The van der Waals surface area contributed by atoms with Crippen LogP contribution in [0, 0.1) is 0 Å². The van der Waals surface area contributed by atoms with Crippen LogP contribution in [0.5, 0.6) is 11.5 Å². The fourth-order valence-corrected chi connectivity index (χ4v) is 2.31. The van der Waals surface area contributed by atoms with Crippen LogP contribution in [0.2, 0.25) is 0 Å². The number of hydrogen-bond donors (Lipinski definition) is 2. The van der Waals surface area contributed by atoms with Crippen molar-refractivity contribution in [3.05, 3.63) is 34.4 Å². The van der Waals surface area contributed by atoms with Gasteiger partial charge in [-0.15, -0.1) is 0 Å². The van der Waals surface area contributed by atoms with Crippen LogP contribution in [0.3, 0.4) is 0 Å². The zero-order chi connectivity index (χ0) is 15.9. The van der Waals surface area contributed by atoms with Gasteiger partial charge in [-0.3, -0.25) is 14.9 Å². The Balaban J connectivity index is 2.29. The Morgan fingerprint density at radius 2 is 2.23 bits per heavy atom. The molecule has 1 aromatic carbocycles. The first kappa shape index (κ1) is 16.2. The molecule has 0 unspecified atom stereocenters. The fraction of sp³-hybridized carbons (Fsp3) is 0.267. The molecule has 22 heavy (non-hydrogen) atoms. The lowest BCUT2D eigenvalue weighted by atomic mass is 10.2. The van der Waals surface area contributed by atoms with E-state index < -0.39 is 11.1 Å². The van der Waals surface area contributed by atoms with E-state index in [1.54, 1.807) is 31.4 Å². The number of methoxy groups -OCH3 is 1. The van der Waals surface area contributed by atoms with E-state index in [9.17, 15) is 9.59 Å². The average molecular weight is 320 g/mol. The molecule has 1 fully saturated rings. The standard InChI is InChI=1S/C15H16N2O4S/c1-20-11-4-5-12(21-8-2-7-16)10(9-11)3-6-13-14(18)17-15(19)22-13/h3-5,9H,2,7-8,16H2,1H3,(H,17,18,19). The molecule has 2 amide bonds. The summed E-state index contributed by atoms with van der Waals surface area (Å²) in [5.74, 6) is 0.848. The molecule has 0 spiro atoms. The van der Waals surface area contributed by atoms with Crippen molar-refractivity contribution in [1.29, 1.82) is 0 Å². The van der Waals surface area contributed by atoms with Gasteiger partial charge in [-0.05, 0) is 49.0 Å². The number of nitrogens with two attached hydrogens (primary N) is 1. The number of thioether (sulfide) groups is 1. The van der Waals surface area contributed by atoms with Crippen LogP contribution >= 0.6 is 11.8 Å². The highest BCUT2D eigenvalue weighted by atomic mass is 32.2. The molecule has 116 valence electrons. The molecule has 0 bridgehead atoms. The van der Waals surface area contributed by atoms with Crippen molar-refractivity contribution in [2.24, 2.45) is 5.73 Å². The molecule has 3 N–H and O–H groups in total. The molecule has 0 aliphatic carbocycles. The summed E-state index contributed by atoms with van der Waals surface area (Å²) in [6.07, 6.45) is 2.34. The van der Waals surface area contributed by atoms with Gasteiger partial charge < -0.3 is 15.2 Å². The van der Waals surface area contributed by atoms with E-state index in [0.29, 0.717) is 30.2 Å². The van der Waals surface area contributed by atoms with Crippen molar-refractivity contribution in [3.63, 3.8) is 0 Å². The summed E-state index contributed by atoms with van der Waals surface area (Å²) in [5.41, 5.74) is 8.97. The summed E-state index contributed by atoms with van der Waals surface area (Å²) in [5, 5.41) is 1.78. The zero-order valence-electron chi connectivity index (χ0n) is 12.0. The summed E-state index contributed by atoms with van der Waals surface area (Å²) in [7, 11) is 1.56. The predicted octanol–water partition coefficient (Wildman–Crippen LogP) is 1.90. The van der Waals surface area contributed by atoms with Gasteiger partial charge in [0.15, 0.2) is 0 Å². The smallest absolute Gasteiger partial charge is 0.291 e. The third-order valence-corrected chi connectivity index (χ3v) is 3.59. The fourth-order valence-electron chi connectivity index (χ4n) is 1.72. The SMILES string of the molecule is COc1ccc(OCCCN)c(C=C=C2SC(=O)NC2=O)c1. The minimum Gasteiger partial charge on any atom is -0.497 e. The van der Waals surface area contributed by atoms with Gasteiger partial charge in [0.05, 0.1) is 13.7 Å². The van der Waals surface area contributed by atoms with E-state index in [2.05, 4.69) is 11.0 Å². The highest BCUT2D eigenvalue weighted by molar-refractivity contribution is 8.18. The minimum absolute atomic E-state index is 0.223. The molecule has 6 nitrogen and oxygen atoms in total. The second kappa shape index (κ2) is 7.70. The maximum atomic E-state index is 11.5. The topological polar surface area (TPSA) is 90.7 Å². The zero-order valence-corrected chi connectivity index (χ0v) is 12.9. The summed E-state index contributed by atoms with van der Waals surface area (Å²) < 4.78 is 10.8. The highest BCUT2D eigenvalue weighted by Gasteiger charge is 2.24. The Labute approximate surface area is 132 Å². The molecule has 1 heterocycles. The first-order valence-electron chi connectivity index (χ1n) is 6.65. The number of carbonyl (C=O) groups excluding carboxylic acids is 2. The quantitative estimate of drug-likeness (QED) is 0.473. The monoisotopic (exact) mass is 320 g/mol. The number of benzene rings is 1. The maximum absolute atomic E-state index is 11.5. The van der Waals surface area contributed by atoms with Crippen LogP contribution in [0.1, 0.15) is 12.0 Å². The van der Waals surface area contributed by atoms with Crippen LogP contribution in [-0.4, -0.2) is 31.4 Å². The van der Waals surface area contributed by atoms with E-state index in [1.807, 2.05) is 0 Å². The maximum Gasteiger partial charge on any atom is 0.291 e. The second-order valence-electron chi connectivity index (χ2n) is 4.36. The first-order chi connectivity index (χ1) is 10.6. The number of carbonyl (C=O) groups is 2. The Kier molecular flexibility index (Phi) is 5.66. The number of imide groups is 1. The molecule has 1 aliphatic rings. The molecule has 2 rings (SSSR count). The lowest BCUT2D eigenvalue weighted by Crippen LogP contribution is -2.17. The second-order valence-corrected chi connectivity index (χ2v) is 5.34. The van der Waals surface area contributed by atoms with Crippen LogP contribution < -0.4 is 20.5 Å². The third kappa shape index (κ3) is 4.14. The average Bonchev–Trinajstić information content (AvgIpc) is 2.84. The predicted molar refractivity (Wildman–Crippen MR) is 84.8 cm³/mol. The van der Waals surface area contributed by atoms with Crippen LogP contribution in [0.15, 0.2) is 28.8 Å².